The second kappa shape index (κ2) is 8.27. The van der Waals surface area contributed by atoms with E-state index in [1.54, 1.807) is 30.3 Å². The highest BCUT2D eigenvalue weighted by Gasteiger charge is 2.34. The number of aliphatic carboxylic acids is 1. The van der Waals surface area contributed by atoms with Crippen LogP contribution in [0.3, 0.4) is 0 Å². The number of hydrogen-bond acceptors (Lipinski definition) is 5. The number of para-hydroxylation sites is 2. The molecule has 1 aliphatic carbocycles. The van der Waals surface area contributed by atoms with Crippen molar-refractivity contribution >= 4 is 28.5 Å². The van der Waals surface area contributed by atoms with Crippen LogP contribution < -0.4 is 10.2 Å². The first-order valence-electron chi connectivity index (χ1n) is 9.32. The van der Waals surface area contributed by atoms with Crippen LogP contribution in [-0.2, 0) is 9.53 Å². The minimum atomic E-state index is -0.771. The SMILES string of the molecule is O=c1cc(-c2ccccc2OCCO[C@H]2C[C@H](C(=O)O)C2)oc2c(Cl)cccc12. The topological polar surface area (TPSA) is 86.0 Å². The number of benzene rings is 2. The van der Waals surface area contributed by atoms with Crippen molar-refractivity contribution in [1.29, 1.82) is 0 Å². The van der Waals surface area contributed by atoms with Crippen LogP contribution in [-0.4, -0.2) is 30.4 Å². The van der Waals surface area contributed by atoms with E-state index in [4.69, 9.17) is 30.6 Å². The Kier molecular flexibility index (Phi) is 5.56. The number of rotatable bonds is 7. The highest BCUT2D eigenvalue weighted by atomic mass is 35.5. The Balaban J connectivity index is 1.46. The van der Waals surface area contributed by atoms with Crippen molar-refractivity contribution in [1.82, 2.24) is 0 Å². The van der Waals surface area contributed by atoms with Gasteiger partial charge in [0.1, 0.15) is 18.1 Å². The van der Waals surface area contributed by atoms with Crippen LogP contribution in [0.5, 0.6) is 5.75 Å². The molecule has 0 bridgehead atoms. The van der Waals surface area contributed by atoms with Crippen LogP contribution in [0.4, 0.5) is 0 Å². The molecule has 2 aromatic carbocycles. The van der Waals surface area contributed by atoms with E-state index in [-0.39, 0.29) is 17.5 Å². The van der Waals surface area contributed by atoms with E-state index in [1.807, 2.05) is 12.1 Å². The summed E-state index contributed by atoms with van der Waals surface area (Å²) in [5.41, 5.74) is 0.800. The summed E-state index contributed by atoms with van der Waals surface area (Å²) in [5.74, 6) is -0.144. The van der Waals surface area contributed by atoms with Gasteiger partial charge in [0.15, 0.2) is 11.0 Å². The summed E-state index contributed by atoms with van der Waals surface area (Å²) in [6.45, 7) is 0.642. The maximum atomic E-state index is 12.5. The van der Waals surface area contributed by atoms with Crippen LogP contribution in [0, 0.1) is 5.92 Å². The molecule has 1 aliphatic rings. The molecule has 1 heterocycles. The van der Waals surface area contributed by atoms with Crippen LogP contribution >= 0.6 is 11.6 Å². The molecular formula is C22H19ClO6. The largest absolute Gasteiger partial charge is 0.490 e. The smallest absolute Gasteiger partial charge is 0.306 e. The summed E-state index contributed by atoms with van der Waals surface area (Å²) in [6, 6.07) is 13.7. The zero-order valence-corrected chi connectivity index (χ0v) is 16.2. The lowest BCUT2D eigenvalue weighted by molar-refractivity contribution is -0.151. The second-order valence-corrected chi connectivity index (χ2v) is 7.34. The quantitative estimate of drug-likeness (QED) is 0.578. The van der Waals surface area contributed by atoms with Crippen molar-refractivity contribution in [2.75, 3.05) is 13.2 Å². The number of hydrogen-bond donors (Lipinski definition) is 1. The summed E-state index contributed by atoms with van der Waals surface area (Å²) < 4.78 is 17.4. The Bertz CT molecular complexity index is 1100. The summed E-state index contributed by atoms with van der Waals surface area (Å²) in [6.07, 6.45) is 1.04. The Morgan fingerprint density at radius 1 is 1.14 bits per heavy atom. The van der Waals surface area contributed by atoms with Gasteiger partial charge in [-0.1, -0.05) is 29.8 Å². The molecule has 0 spiro atoms. The summed E-state index contributed by atoms with van der Waals surface area (Å²) in [7, 11) is 0. The molecule has 29 heavy (non-hydrogen) atoms. The van der Waals surface area contributed by atoms with Crippen molar-refractivity contribution in [2.45, 2.75) is 18.9 Å². The van der Waals surface area contributed by atoms with Crippen molar-refractivity contribution in [2.24, 2.45) is 5.92 Å². The van der Waals surface area contributed by atoms with Crippen LogP contribution in [0.2, 0.25) is 5.02 Å². The maximum absolute atomic E-state index is 12.5. The van der Waals surface area contributed by atoms with Gasteiger partial charge in [0.2, 0.25) is 0 Å². The number of fused-ring (bicyclic) bond motifs is 1. The lowest BCUT2D eigenvalue weighted by Crippen LogP contribution is -2.37. The van der Waals surface area contributed by atoms with Crippen molar-refractivity contribution in [3.63, 3.8) is 0 Å². The first kappa shape index (κ1) is 19.5. The lowest BCUT2D eigenvalue weighted by atomic mass is 9.82. The van der Waals surface area contributed by atoms with Gasteiger partial charge in [-0.2, -0.15) is 0 Å². The highest BCUT2D eigenvalue weighted by Crippen LogP contribution is 2.33. The van der Waals surface area contributed by atoms with Crippen molar-refractivity contribution < 1.29 is 23.8 Å². The number of ether oxygens (including phenoxy) is 2. The molecule has 1 aromatic heterocycles. The molecule has 7 heteroatoms. The summed E-state index contributed by atoms with van der Waals surface area (Å²) in [4.78, 5) is 23.3. The fraction of sp³-hybridized carbons (Fsp3) is 0.273. The molecule has 0 amide bonds. The summed E-state index contributed by atoms with van der Waals surface area (Å²) in [5, 5.41) is 9.69. The van der Waals surface area contributed by atoms with Gasteiger partial charge in [-0.05, 0) is 37.1 Å². The monoisotopic (exact) mass is 414 g/mol. The third-order valence-corrected chi connectivity index (χ3v) is 5.30. The molecule has 0 saturated heterocycles. The fourth-order valence-corrected chi connectivity index (χ4v) is 3.55. The fourth-order valence-electron chi connectivity index (χ4n) is 3.34. The van der Waals surface area contributed by atoms with Crippen LogP contribution in [0.1, 0.15) is 12.8 Å². The molecule has 1 saturated carbocycles. The predicted octanol–water partition coefficient (Wildman–Crippen LogP) is 4.37. The van der Waals surface area contributed by atoms with Gasteiger partial charge in [0, 0.05) is 6.07 Å². The zero-order chi connectivity index (χ0) is 20.4. The van der Waals surface area contributed by atoms with Crippen molar-refractivity contribution in [3.8, 4) is 17.1 Å². The lowest BCUT2D eigenvalue weighted by Gasteiger charge is -2.32. The number of halogens is 1. The Morgan fingerprint density at radius 3 is 2.72 bits per heavy atom. The highest BCUT2D eigenvalue weighted by molar-refractivity contribution is 6.34. The average molecular weight is 415 g/mol. The van der Waals surface area contributed by atoms with E-state index in [0.29, 0.717) is 59.1 Å². The minimum absolute atomic E-state index is 0.0319. The number of carbonyl (C=O) groups is 1. The molecule has 0 aliphatic heterocycles. The van der Waals surface area contributed by atoms with Gasteiger partial charge < -0.3 is 19.0 Å². The standard InChI is InChI=1S/C22H19ClO6/c23-17-6-3-5-15-18(24)12-20(29-21(15)17)16-4-1-2-7-19(16)28-9-8-27-14-10-13(11-14)22(25)26/h1-7,12-14H,8-11H2,(H,25,26)/t13-,14-. The third-order valence-electron chi connectivity index (χ3n) is 5.00. The van der Waals surface area contributed by atoms with Gasteiger partial charge in [-0.25, -0.2) is 0 Å². The van der Waals surface area contributed by atoms with Gasteiger partial charge in [-0.15, -0.1) is 0 Å². The van der Waals surface area contributed by atoms with E-state index >= 15 is 0 Å². The number of carboxylic acid groups (broad SMARTS) is 1. The average Bonchev–Trinajstić information content (AvgIpc) is 2.67. The van der Waals surface area contributed by atoms with Gasteiger partial charge in [0.25, 0.3) is 0 Å². The number of carboxylic acids is 1. The molecular weight excluding hydrogens is 396 g/mol. The van der Waals surface area contributed by atoms with E-state index in [9.17, 15) is 9.59 Å². The Hall–Kier alpha value is -2.83. The summed E-state index contributed by atoms with van der Waals surface area (Å²) >= 11 is 6.19. The maximum Gasteiger partial charge on any atom is 0.306 e. The van der Waals surface area contributed by atoms with Crippen LogP contribution in [0.15, 0.2) is 57.7 Å². The van der Waals surface area contributed by atoms with E-state index in [1.165, 1.54) is 6.07 Å². The Morgan fingerprint density at radius 2 is 1.93 bits per heavy atom. The predicted molar refractivity (Wildman–Crippen MR) is 109 cm³/mol. The second-order valence-electron chi connectivity index (χ2n) is 6.94. The molecule has 3 aromatic rings. The molecule has 0 radical (unpaired) electrons. The first-order chi connectivity index (χ1) is 14.0. The first-order valence-corrected chi connectivity index (χ1v) is 9.69. The van der Waals surface area contributed by atoms with Gasteiger partial charge in [0.05, 0.1) is 34.6 Å². The van der Waals surface area contributed by atoms with E-state index in [2.05, 4.69) is 0 Å². The Labute approximate surface area is 171 Å². The molecule has 6 nitrogen and oxygen atoms in total. The van der Waals surface area contributed by atoms with E-state index in [0.717, 1.165) is 0 Å². The van der Waals surface area contributed by atoms with Crippen LogP contribution in [0.25, 0.3) is 22.3 Å². The third kappa shape index (κ3) is 4.13. The molecule has 4 rings (SSSR count). The van der Waals surface area contributed by atoms with Gasteiger partial charge >= 0.3 is 5.97 Å². The van der Waals surface area contributed by atoms with Crippen molar-refractivity contribution in [3.05, 3.63) is 63.8 Å². The molecule has 1 N–H and O–H groups in total. The normalized spacial score (nSPS) is 18.4. The zero-order valence-electron chi connectivity index (χ0n) is 15.5. The van der Waals surface area contributed by atoms with Gasteiger partial charge in [-0.3, -0.25) is 9.59 Å². The molecule has 1 fully saturated rings. The molecule has 150 valence electrons. The minimum Gasteiger partial charge on any atom is -0.490 e. The van der Waals surface area contributed by atoms with E-state index < -0.39 is 5.97 Å². The molecule has 0 atom stereocenters. The molecule has 0 unspecified atom stereocenters.